The molecule has 3 amide bonds. The molecule has 21 heavy (non-hydrogen) atoms. The highest BCUT2D eigenvalue weighted by Crippen LogP contribution is 2.13. The molecule has 0 aliphatic heterocycles. The van der Waals surface area contributed by atoms with Crippen LogP contribution in [0.25, 0.3) is 0 Å². The third-order valence-corrected chi connectivity index (χ3v) is 2.43. The average Bonchev–Trinajstić information content (AvgIpc) is 2.50. The van der Waals surface area contributed by atoms with Crippen LogP contribution in [0.5, 0.6) is 5.75 Å². The number of benzene rings is 1. The van der Waals surface area contributed by atoms with Gasteiger partial charge in [0.15, 0.2) is 6.61 Å². The Labute approximate surface area is 122 Å². The van der Waals surface area contributed by atoms with Crippen LogP contribution in [0, 0.1) is 0 Å². The van der Waals surface area contributed by atoms with Crippen molar-refractivity contribution in [1.29, 1.82) is 0 Å². The lowest BCUT2D eigenvalue weighted by molar-refractivity contribution is -0.123. The molecule has 114 valence electrons. The van der Waals surface area contributed by atoms with Gasteiger partial charge in [0.2, 0.25) is 0 Å². The minimum Gasteiger partial charge on any atom is -0.497 e. The molecule has 0 aromatic heterocycles. The molecular formula is C14H18N2O5. The van der Waals surface area contributed by atoms with Crippen molar-refractivity contribution in [3.05, 3.63) is 29.8 Å². The second-order valence-corrected chi connectivity index (χ2v) is 4.11. The fourth-order valence-corrected chi connectivity index (χ4v) is 1.41. The summed E-state index contributed by atoms with van der Waals surface area (Å²) in [6, 6.07) is 5.74. The predicted molar refractivity (Wildman–Crippen MR) is 75.1 cm³/mol. The number of carbonyl (C=O) groups excluding carboxylic acids is 3. The number of amides is 3. The topological polar surface area (TPSA) is 93.7 Å². The predicted octanol–water partition coefficient (Wildman–Crippen LogP) is 1.09. The van der Waals surface area contributed by atoms with E-state index in [1.54, 1.807) is 12.1 Å². The summed E-state index contributed by atoms with van der Waals surface area (Å²) in [7, 11) is 1.48. The molecule has 0 bridgehead atoms. The molecule has 2 N–H and O–H groups in total. The lowest BCUT2D eigenvalue weighted by atomic mass is 10.2. The van der Waals surface area contributed by atoms with Crippen LogP contribution in [0.3, 0.4) is 0 Å². The molecule has 7 nitrogen and oxygen atoms in total. The number of imide groups is 1. The van der Waals surface area contributed by atoms with Gasteiger partial charge in [-0.15, -0.1) is 0 Å². The van der Waals surface area contributed by atoms with E-state index in [4.69, 9.17) is 9.47 Å². The smallest absolute Gasteiger partial charge is 0.338 e. The second kappa shape index (κ2) is 8.57. The highest BCUT2D eigenvalue weighted by atomic mass is 16.5. The van der Waals surface area contributed by atoms with Crippen LogP contribution in [-0.4, -0.2) is 38.2 Å². The van der Waals surface area contributed by atoms with Crippen LogP contribution in [-0.2, 0) is 9.53 Å². The lowest BCUT2D eigenvalue weighted by Crippen LogP contribution is -2.41. The molecule has 7 heteroatoms. The molecule has 0 heterocycles. The molecule has 0 aliphatic rings. The summed E-state index contributed by atoms with van der Waals surface area (Å²) < 4.78 is 9.79. The second-order valence-electron chi connectivity index (χ2n) is 4.11. The number of carbonyl (C=O) groups is 3. The van der Waals surface area contributed by atoms with Gasteiger partial charge >= 0.3 is 12.0 Å². The van der Waals surface area contributed by atoms with Crippen LogP contribution in [0.2, 0.25) is 0 Å². The van der Waals surface area contributed by atoms with Crippen molar-refractivity contribution >= 4 is 17.9 Å². The first-order valence-electron chi connectivity index (χ1n) is 6.45. The summed E-state index contributed by atoms with van der Waals surface area (Å²) in [6.07, 6.45) is 0.756. The number of esters is 1. The van der Waals surface area contributed by atoms with Gasteiger partial charge in [-0.05, 0) is 24.6 Å². The highest BCUT2D eigenvalue weighted by molar-refractivity contribution is 5.97. The standard InChI is InChI=1S/C14H18N2O5/c1-3-7-15-14(19)16-12(17)9-21-13(18)10-5-4-6-11(8-10)20-2/h4-6,8H,3,7,9H2,1-2H3,(H2,15,16,17,19). The monoisotopic (exact) mass is 294 g/mol. The van der Waals surface area contributed by atoms with Gasteiger partial charge in [-0.2, -0.15) is 0 Å². The van der Waals surface area contributed by atoms with E-state index in [-0.39, 0.29) is 5.56 Å². The fraction of sp³-hybridized carbons (Fsp3) is 0.357. The maximum absolute atomic E-state index is 11.7. The number of nitrogens with one attached hydrogen (secondary N) is 2. The molecule has 0 spiro atoms. The Kier molecular flexibility index (Phi) is 6.73. The molecule has 1 aromatic rings. The van der Waals surface area contributed by atoms with E-state index in [2.05, 4.69) is 10.6 Å². The Morgan fingerprint density at radius 2 is 2.00 bits per heavy atom. The number of urea groups is 1. The minimum atomic E-state index is -0.695. The Bertz CT molecular complexity index is 516. The van der Waals surface area contributed by atoms with Gasteiger partial charge in [0.25, 0.3) is 5.91 Å². The minimum absolute atomic E-state index is 0.262. The van der Waals surface area contributed by atoms with Crippen LogP contribution >= 0.6 is 0 Å². The van der Waals surface area contributed by atoms with Gasteiger partial charge in [-0.25, -0.2) is 9.59 Å². The van der Waals surface area contributed by atoms with Crippen molar-refractivity contribution < 1.29 is 23.9 Å². The zero-order valence-corrected chi connectivity index (χ0v) is 12.0. The number of ether oxygens (including phenoxy) is 2. The zero-order valence-electron chi connectivity index (χ0n) is 12.0. The van der Waals surface area contributed by atoms with Crippen molar-refractivity contribution in [2.45, 2.75) is 13.3 Å². The summed E-state index contributed by atoms with van der Waals surface area (Å²) in [4.78, 5) is 34.3. The quantitative estimate of drug-likeness (QED) is 0.766. The zero-order chi connectivity index (χ0) is 15.7. The summed E-state index contributed by atoms with van der Waals surface area (Å²) in [5, 5.41) is 4.52. The maximum atomic E-state index is 11.7. The molecule has 0 atom stereocenters. The van der Waals surface area contributed by atoms with Crippen LogP contribution < -0.4 is 15.4 Å². The molecule has 0 fully saturated rings. The molecule has 0 saturated heterocycles. The van der Waals surface area contributed by atoms with Crippen LogP contribution in [0.1, 0.15) is 23.7 Å². The number of hydrogen-bond acceptors (Lipinski definition) is 5. The molecular weight excluding hydrogens is 276 g/mol. The number of methoxy groups -OCH3 is 1. The fourth-order valence-electron chi connectivity index (χ4n) is 1.41. The van der Waals surface area contributed by atoms with Crippen molar-refractivity contribution in [3.8, 4) is 5.75 Å². The highest BCUT2D eigenvalue weighted by Gasteiger charge is 2.12. The van der Waals surface area contributed by atoms with Crippen molar-refractivity contribution in [3.63, 3.8) is 0 Å². The first-order chi connectivity index (χ1) is 10.1. The van der Waals surface area contributed by atoms with E-state index in [9.17, 15) is 14.4 Å². The molecule has 0 aliphatic carbocycles. The van der Waals surface area contributed by atoms with Crippen LogP contribution in [0.4, 0.5) is 4.79 Å². The Balaban J connectivity index is 2.41. The third-order valence-electron chi connectivity index (χ3n) is 2.43. The van der Waals surface area contributed by atoms with Crippen molar-refractivity contribution in [2.24, 2.45) is 0 Å². The summed E-state index contributed by atoms with van der Waals surface area (Å²) >= 11 is 0. The lowest BCUT2D eigenvalue weighted by Gasteiger charge is -2.07. The van der Waals surface area contributed by atoms with Gasteiger partial charge in [-0.1, -0.05) is 13.0 Å². The van der Waals surface area contributed by atoms with Gasteiger partial charge < -0.3 is 14.8 Å². The number of rotatable bonds is 6. The molecule has 1 aromatic carbocycles. The Hall–Kier alpha value is -2.57. The Morgan fingerprint density at radius 3 is 2.67 bits per heavy atom. The summed E-state index contributed by atoms with van der Waals surface area (Å²) in [5.74, 6) is -0.856. The van der Waals surface area contributed by atoms with Crippen LogP contribution in [0.15, 0.2) is 24.3 Å². The van der Waals surface area contributed by atoms with Gasteiger partial charge in [-0.3, -0.25) is 10.1 Å². The first-order valence-corrected chi connectivity index (χ1v) is 6.45. The van der Waals surface area contributed by atoms with Gasteiger partial charge in [0.1, 0.15) is 5.75 Å². The summed E-state index contributed by atoms with van der Waals surface area (Å²) in [5.41, 5.74) is 0.262. The largest absolute Gasteiger partial charge is 0.497 e. The van der Waals surface area contributed by atoms with E-state index in [1.807, 2.05) is 6.92 Å². The van der Waals surface area contributed by atoms with Gasteiger partial charge in [0.05, 0.1) is 12.7 Å². The SMILES string of the molecule is CCCNC(=O)NC(=O)COC(=O)c1cccc(OC)c1. The van der Waals surface area contributed by atoms with Crippen molar-refractivity contribution in [1.82, 2.24) is 10.6 Å². The molecule has 0 unspecified atom stereocenters. The van der Waals surface area contributed by atoms with E-state index in [1.165, 1.54) is 19.2 Å². The average molecular weight is 294 g/mol. The Morgan fingerprint density at radius 1 is 1.24 bits per heavy atom. The summed E-state index contributed by atoms with van der Waals surface area (Å²) in [6.45, 7) is 1.82. The van der Waals surface area contributed by atoms with E-state index in [0.29, 0.717) is 12.3 Å². The maximum Gasteiger partial charge on any atom is 0.338 e. The van der Waals surface area contributed by atoms with E-state index in [0.717, 1.165) is 6.42 Å². The van der Waals surface area contributed by atoms with Crippen molar-refractivity contribution in [2.75, 3.05) is 20.3 Å². The number of hydrogen-bond donors (Lipinski definition) is 2. The van der Waals surface area contributed by atoms with Gasteiger partial charge in [0, 0.05) is 6.54 Å². The third kappa shape index (κ3) is 5.94. The normalized spacial score (nSPS) is 9.62. The molecule has 1 rings (SSSR count). The molecule has 0 radical (unpaired) electrons. The van der Waals surface area contributed by atoms with E-state index >= 15 is 0 Å². The molecule has 0 saturated carbocycles. The first kappa shape index (κ1) is 16.5. The van der Waals surface area contributed by atoms with E-state index < -0.39 is 24.5 Å².